The highest BCUT2D eigenvalue weighted by Gasteiger charge is 1.82. The van der Waals surface area contributed by atoms with Gasteiger partial charge in [0.1, 0.15) is 6.34 Å². The van der Waals surface area contributed by atoms with Gasteiger partial charge in [-0.3, -0.25) is 0 Å². The van der Waals surface area contributed by atoms with Gasteiger partial charge in [0.2, 0.25) is 5.96 Å². The summed E-state index contributed by atoms with van der Waals surface area (Å²) in [6, 6.07) is 0. The van der Waals surface area contributed by atoms with Crippen molar-refractivity contribution in [3.63, 3.8) is 0 Å². The van der Waals surface area contributed by atoms with Crippen LogP contribution in [0, 0.1) is 0 Å². The predicted molar refractivity (Wildman–Crippen MR) is 50.1 cm³/mol. The summed E-state index contributed by atoms with van der Waals surface area (Å²) < 4.78 is 0. The van der Waals surface area contributed by atoms with Gasteiger partial charge in [0.25, 0.3) is 0 Å². The third kappa shape index (κ3) is 6.20. The molecular formula is C5H11N7. The van der Waals surface area contributed by atoms with Gasteiger partial charge in [-0.25, -0.2) is 0 Å². The third-order valence-corrected chi connectivity index (χ3v) is 0.701. The summed E-state index contributed by atoms with van der Waals surface area (Å²) >= 11 is 0. The molecule has 0 aromatic rings. The van der Waals surface area contributed by atoms with E-state index in [0.717, 1.165) is 6.34 Å². The topological polar surface area (TPSA) is 127 Å². The number of nitrogens with zero attached hydrogens (tertiary/aromatic N) is 4. The van der Waals surface area contributed by atoms with Crippen LogP contribution in [0.25, 0.3) is 0 Å². The lowest BCUT2D eigenvalue weighted by molar-refractivity contribution is 1.20. The molecule has 7 nitrogen and oxygen atoms in total. The van der Waals surface area contributed by atoms with Crippen molar-refractivity contribution in [2.45, 2.75) is 6.92 Å². The standard InChI is InChI=1S/C5H11N7/c1-4(2-9-10-3-6)11-12-5(7)8/h2-3H,1H3,(H2,6,10)(H4,7,8,12)/b9-2-,11-4-. The second-order valence-corrected chi connectivity index (χ2v) is 1.78. The number of hydrogen-bond acceptors (Lipinski definition) is 4. The molecule has 0 aliphatic rings. The predicted octanol–water partition coefficient (Wildman–Crippen LogP) is -1.39. The van der Waals surface area contributed by atoms with Crippen molar-refractivity contribution < 1.29 is 0 Å². The molecule has 0 spiro atoms. The summed E-state index contributed by atoms with van der Waals surface area (Å²) in [5.41, 5.74) is 15.5. The molecule has 0 rings (SSSR count). The van der Waals surface area contributed by atoms with Gasteiger partial charge in [0.05, 0.1) is 11.9 Å². The van der Waals surface area contributed by atoms with E-state index >= 15 is 0 Å². The van der Waals surface area contributed by atoms with E-state index in [4.69, 9.17) is 17.2 Å². The fourth-order valence-corrected chi connectivity index (χ4v) is 0.318. The molecule has 0 radical (unpaired) electrons. The van der Waals surface area contributed by atoms with Gasteiger partial charge in [0, 0.05) is 0 Å². The van der Waals surface area contributed by atoms with Gasteiger partial charge < -0.3 is 17.2 Å². The van der Waals surface area contributed by atoms with Crippen molar-refractivity contribution in [3.05, 3.63) is 0 Å². The Morgan fingerprint density at radius 1 is 1.17 bits per heavy atom. The van der Waals surface area contributed by atoms with Gasteiger partial charge in [-0.05, 0) is 6.92 Å². The minimum Gasteiger partial charge on any atom is -0.388 e. The molecule has 0 unspecified atom stereocenters. The van der Waals surface area contributed by atoms with Crippen LogP contribution in [0.4, 0.5) is 0 Å². The first-order valence-corrected chi connectivity index (χ1v) is 3.06. The maximum atomic E-state index is 5.02. The molecule has 0 amide bonds. The molecule has 66 valence electrons. The average molecular weight is 169 g/mol. The highest BCUT2D eigenvalue weighted by Crippen LogP contribution is 1.76. The largest absolute Gasteiger partial charge is 0.388 e. The molecule has 12 heavy (non-hydrogen) atoms. The first kappa shape index (κ1) is 10.1. The van der Waals surface area contributed by atoms with Crippen LogP contribution in [0.5, 0.6) is 0 Å². The van der Waals surface area contributed by atoms with E-state index in [-0.39, 0.29) is 5.96 Å². The van der Waals surface area contributed by atoms with Crippen LogP contribution in [0.2, 0.25) is 0 Å². The van der Waals surface area contributed by atoms with Crippen LogP contribution in [0.3, 0.4) is 0 Å². The van der Waals surface area contributed by atoms with E-state index in [9.17, 15) is 0 Å². The molecule has 7 heteroatoms. The van der Waals surface area contributed by atoms with Gasteiger partial charge in [-0.1, -0.05) is 0 Å². The molecule has 0 saturated carbocycles. The van der Waals surface area contributed by atoms with Crippen LogP contribution in [0.15, 0.2) is 20.4 Å². The van der Waals surface area contributed by atoms with Crippen molar-refractivity contribution in [3.8, 4) is 0 Å². The summed E-state index contributed by atoms with van der Waals surface area (Å²) in [5, 5.41) is 13.8. The van der Waals surface area contributed by atoms with Gasteiger partial charge in [-0.2, -0.15) is 10.2 Å². The molecule has 0 saturated heterocycles. The summed E-state index contributed by atoms with van der Waals surface area (Å²) in [5.74, 6) is -0.106. The summed E-state index contributed by atoms with van der Waals surface area (Å²) in [6.45, 7) is 1.67. The highest BCUT2D eigenvalue weighted by atomic mass is 15.3. The minimum absolute atomic E-state index is 0.106. The Hall–Kier alpha value is -1.92. The smallest absolute Gasteiger partial charge is 0.211 e. The van der Waals surface area contributed by atoms with Gasteiger partial charge in [0.15, 0.2) is 0 Å². The lowest BCUT2D eigenvalue weighted by Gasteiger charge is -1.85. The Morgan fingerprint density at radius 3 is 2.33 bits per heavy atom. The molecule has 0 bridgehead atoms. The van der Waals surface area contributed by atoms with Crippen LogP contribution in [0.1, 0.15) is 6.92 Å². The third-order valence-electron chi connectivity index (χ3n) is 0.701. The quantitative estimate of drug-likeness (QED) is 0.273. The Balaban J connectivity index is 4.11. The van der Waals surface area contributed by atoms with E-state index in [2.05, 4.69) is 20.4 Å². The summed E-state index contributed by atoms with van der Waals surface area (Å²) in [4.78, 5) is 0. The fraction of sp³-hybridized carbons (Fsp3) is 0.200. The molecule has 0 aromatic carbocycles. The first-order valence-electron chi connectivity index (χ1n) is 3.06. The van der Waals surface area contributed by atoms with Crippen LogP contribution in [-0.2, 0) is 0 Å². The normalized spacial score (nSPS) is 12.6. The second-order valence-electron chi connectivity index (χ2n) is 1.78. The Bertz CT molecular complexity index is 232. The number of rotatable bonds is 3. The molecule has 0 aliphatic carbocycles. The van der Waals surface area contributed by atoms with Crippen molar-refractivity contribution in [1.29, 1.82) is 0 Å². The summed E-state index contributed by atoms with van der Waals surface area (Å²) in [6.07, 6.45) is 2.43. The van der Waals surface area contributed by atoms with Crippen LogP contribution < -0.4 is 17.2 Å². The Kier molecular flexibility index (Phi) is 4.90. The Labute approximate surface area is 69.7 Å². The summed E-state index contributed by atoms with van der Waals surface area (Å²) in [7, 11) is 0. The molecule has 0 aliphatic heterocycles. The van der Waals surface area contributed by atoms with E-state index in [1.807, 2.05) is 0 Å². The minimum atomic E-state index is -0.106. The monoisotopic (exact) mass is 169 g/mol. The van der Waals surface area contributed by atoms with Crippen molar-refractivity contribution >= 4 is 24.2 Å². The zero-order chi connectivity index (χ0) is 9.40. The van der Waals surface area contributed by atoms with Gasteiger partial charge in [-0.15, -0.1) is 10.2 Å². The molecule has 0 fully saturated rings. The Morgan fingerprint density at radius 2 is 1.83 bits per heavy atom. The zero-order valence-electron chi connectivity index (χ0n) is 6.68. The molecule has 6 N–H and O–H groups in total. The van der Waals surface area contributed by atoms with E-state index in [1.165, 1.54) is 6.21 Å². The maximum absolute atomic E-state index is 5.02. The van der Waals surface area contributed by atoms with E-state index in [1.54, 1.807) is 6.92 Å². The van der Waals surface area contributed by atoms with Gasteiger partial charge >= 0.3 is 0 Å². The lowest BCUT2D eigenvalue weighted by atomic mass is 10.5. The number of guanidine groups is 1. The SMILES string of the molecule is CC(/C=N\N=C/N)=N/N=C(N)N. The average Bonchev–Trinajstić information content (AvgIpc) is 2.01. The van der Waals surface area contributed by atoms with Crippen LogP contribution >= 0.6 is 0 Å². The lowest BCUT2D eigenvalue weighted by Crippen LogP contribution is -2.22. The first-order chi connectivity index (χ1) is 5.66. The van der Waals surface area contributed by atoms with Crippen molar-refractivity contribution in [2.24, 2.45) is 37.6 Å². The molecule has 0 aromatic heterocycles. The van der Waals surface area contributed by atoms with Crippen LogP contribution in [-0.4, -0.2) is 24.2 Å². The van der Waals surface area contributed by atoms with E-state index < -0.39 is 0 Å². The maximum Gasteiger partial charge on any atom is 0.211 e. The van der Waals surface area contributed by atoms with E-state index in [0.29, 0.717) is 5.71 Å². The zero-order valence-corrected chi connectivity index (χ0v) is 6.68. The van der Waals surface area contributed by atoms with Crippen molar-refractivity contribution in [2.75, 3.05) is 0 Å². The van der Waals surface area contributed by atoms with Crippen molar-refractivity contribution in [1.82, 2.24) is 0 Å². The highest BCUT2D eigenvalue weighted by molar-refractivity contribution is 6.29. The second kappa shape index (κ2) is 5.83. The fourth-order valence-electron chi connectivity index (χ4n) is 0.318. The number of hydrogen-bond donors (Lipinski definition) is 3. The molecule has 0 atom stereocenters. The number of nitrogens with two attached hydrogens (primary N) is 3. The molecular weight excluding hydrogens is 158 g/mol. The molecule has 0 heterocycles.